The zero-order valence-corrected chi connectivity index (χ0v) is 17.1. The van der Waals surface area contributed by atoms with Gasteiger partial charge >= 0.3 is 0 Å². The van der Waals surface area contributed by atoms with Gasteiger partial charge in [-0.1, -0.05) is 24.4 Å². The van der Waals surface area contributed by atoms with Crippen molar-refractivity contribution in [2.45, 2.75) is 37.0 Å². The van der Waals surface area contributed by atoms with E-state index in [0.29, 0.717) is 19.6 Å². The van der Waals surface area contributed by atoms with Gasteiger partial charge in [0.1, 0.15) is 0 Å². The molecule has 1 saturated heterocycles. The molecule has 1 aliphatic rings. The van der Waals surface area contributed by atoms with Gasteiger partial charge < -0.3 is 10.2 Å². The third kappa shape index (κ3) is 5.67. The monoisotopic (exact) mass is 401 g/mol. The van der Waals surface area contributed by atoms with Crippen molar-refractivity contribution in [2.75, 3.05) is 40.3 Å². The van der Waals surface area contributed by atoms with Gasteiger partial charge in [0, 0.05) is 19.6 Å². The average molecular weight is 402 g/mol. The SMILES string of the molecule is CN(C)CCCNC(=O)c1cc(S(=O)(=O)N2CCCCCC2)ccc1Cl. The molecule has 8 heteroatoms. The molecule has 26 heavy (non-hydrogen) atoms. The van der Waals surface area contributed by atoms with E-state index in [1.54, 1.807) is 0 Å². The minimum Gasteiger partial charge on any atom is -0.352 e. The van der Waals surface area contributed by atoms with E-state index in [9.17, 15) is 13.2 Å². The van der Waals surface area contributed by atoms with Gasteiger partial charge in [0.05, 0.1) is 15.5 Å². The van der Waals surface area contributed by atoms with E-state index in [-0.39, 0.29) is 21.4 Å². The molecule has 0 spiro atoms. The Morgan fingerprint density at radius 3 is 2.46 bits per heavy atom. The van der Waals surface area contributed by atoms with Gasteiger partial charge in [-0.2, -0.15) is 4.31 Å². The van der Waals surface area contributed by atoms with E-state index in [0.717, 1.165) is 38.6 Å². The highest BCUT2D eigenvalue weighted by molar-refractivity contribution is 7.89. The lowest BCUT2D eigenvalue weighted by Crippen LogP contribution is -2.32. The molecule has 0 radical (unpaired) electrons. The fourth-order valence-corrected chi connectivity index (χ4v) is 4.71. The fraction of sp³-hybridized carbons (Fsp3) is 0.611. The molecule has 1 aromatic carbocycles. The second kappa shape index (κ2) is 9.69. The van der Waals surface area contributed by atoms with Crippen LogP contribution in [0.1, 0.15) is 42.5 Å². The number of amides is 1. The van der Waals surface area contributed by atoms with Gasteiger partial charge in [0.2, 0.25) is 10.0 Å². The summed E-state index contributed by atoms with van der Waals surface area (Å²) in [6.07, 6.45) is 4.64. The number of carbonyl (C=O) groups is 1. The van der Waals surface area contributed by atoms with Crippen LogP contribution in [0.25, 0.3) is 0 Å². The maximum absolute atomic E-state index is 12.9. The maximum Gasteiger partial charge on any atom is 0.252 e. The molecule has 1 aliphatic heterocycles. The second-order valence-electron chi connectivity index (χ2n) is 6.87. The van der Waals surface area contributed by atoms with Crippen LogP contribution in [0.5, 0.6) is 0 Å². The van der Waals surface area contributed by atoms with Crippen LogP contribution in [0.2, 0.25) is 5.02 Å². The quantitative estimate of drug-likeness (QED) is 0.713. The highest BCUT2D eigenvalue weighted by Crippen LogP contribution is 2.25. The minimum atomic E-state index is -3.61. The van der Waals surface area contributed by atoms with Crippen molar-refractivity contribution < 1.29 is 13.2 Å². The van der Waals surface area contributed by atoms with Crippen molar-refractivity contribution in [3.63, 3.8) is 0 Å². The van der Waals surface area contributed by atoms with Gasteiger partial charge in [-0.3, -0.25) is 4.79 Å². The van der Waals surface area contributed by atoms with Crippen LogP contribution in [-0.2, 0) is 10.0 Å². The Morgan fingerprint density at radius 2 is 1.85 bits per heavy atom. The van der Waals surface area contributed by atoms with Gasteiger partial charge in [-0.05, 0) is 58.1 Å². The number of carbonyl (C=O) groups excluding carboxylic acids is 1. The zero-order chi connectivity index (χ0) is 19.2. The molecule has 0 atom stereocenters. The number of rotatable bonds is 7. The van der Waals surface area contributed by atoms with Crippen LogP contribution < -0.4 is 5.32 Å². The first kappa shape index (κ1) is 21.2. The lowest BCUT2D eigenvalue weighted by molar-refractivity contribution is 0.0952. The third-order valence-corrected chi connectivity index (χ3v) is 6.68. The van der Waals surface area contributed by atoms with E-state index < -0.39 is 10.0 Å². The molecule has 0 aliphatic carbocycles. The smallest absolute Gasteiger partial charge is 0.252 e. The number of hydrogen-bond donors (Lipinski definition) is 1. The average Bonchev–Trinajstić information content (AvgIpc) is 2.88. The Bertz CT molecular complexity index is 714. The molecule has 6 nitrogen and oxygen atoms in total. The van der Waals surface area contributed by atoms with Crippen LogP contribution in [-0.4, -0.2) is 63.8 Å². The largest absolute Gasteiger partial charge is 0.352 e. The Hall–Kier alpha value is -1.15. The molecule has 1 aromatic rings. The van der Waals surface area contributed by atoms with Gasteiger partial charge in [0.15, 0.2) is 0 Å². The molecule has 1 amide bonds. The number of hydrogen-bond acceptors (Lipinski definition) is 4. The van der Waals surface area contributed by atoms with Crippen molar-refractivity contribution in [2.24, 2.45) is 0 Å². The summed E-state index contributed by atoms with van der Waals surface area (Å²) in [4.78, 5) is 14.6. The van der Waals surface area contributed by atoms with Crippen LogP contribution in [0.15, 0.2) is 23.1 Å². The lowest BCUT2D eigenvalue weighted by Gasteiger charge is -2.20. The Labute approximate surface area is 161 Å². The Balaban J connectivity index is 2.13. The first-order chi connectivity index (χ1) is 12.3. The highest BCUT2D eigenvalue weighted by Gasteiger charge is 2.26. The molecule has 1 heterocycles. The first-order valence-corrected chi connectivity index (χ1v) is 10.9. The minimum absolute atomic E-state index is 0.127. The van der Waals surface area contributed by atoms with E-state index in [1.165, 1.54) is 22.5 Å². The molecule has 1 N–H and O–H groups in total. The van der Waals surface area contributed by atoms with Crippen molar-refractivity contribution in [1.29, 1.82) is 0 Å². The summed E-state index contributed by atoms with van der Waals surface area (Å²) in [7, 11) is 0.330. The Morgan fingerprint density at radius 1 is 1.19 bits per heavy atom. The maximum atomic E-state index is 12.9. The van der Waals surface area contributed by atoms with E-state index >= 15 is 0 Å². The Kier molecular flexibility index (Phi) is 7.88. The standard InChI is InChI=1S/C18H28ClN3O3S/c1-21(2)11-7-10-20-18(23)16-14-15(8-9-17(16)19)26(24,25)22-12-5-3-4-6-13-22/h8-9,14H,3-7,10-13H2,1-2H3,(H,20,23). The lowest BCUT2D eigenvalue weighted by atomic mass is 10.2. The number of nitrogens with one attached hydrogen (secondary N) is 1. The predicted octanol–water partition coefficient (Wildman–Crippen LogP) is 2.59. The molecule has 146 valence electrons. The summed E-state index contributed by atoms with van der Waals surface area (Å²) in [5, 5.41) is 3.06. The van der Waals surface area contributed by atoms with Crippen LogP contribution in [0.3, 0.4) is 0 Å². The van der Waals surface area contributed by atoms with E-state index in [2.05, 4.69) is 5.32 Å². The molecule has 0 saturated carbocycles. The highest BCUT2D eigenvalue weighted by atomic mass is 35.5. The molecule has 1 fully saturated rings. The summed E-state index contributed by atoms with van der Waals surface area (Å²) in [5.74, 6) is -0.346. The summed E-state index contributed by atoms with van der Waals surface area (Å²) in [5.41, 5.74) is 0.201. The molecule has 2 rings (SSSR count). The van der Waals surface area contributed by atoms with Crippen molar-refractivity contribution in [1.82, 2.24) is 14.5 Å². The number of halogens is 1. The molecular weight excluding hydrogens is 374 g/mol. The third-order valence-electron chi connectivity index (χ3n) is 4.45. The van der Waals surface area contributed by atoms with Gasteiger partial charge in [-0.15, -0.1) is 0 Å². The van der Waals surface area contributed by atoms with Crippen LogP contribution in [0, 0.1) is 0 Å². The predicted molar refractivity (Wildman–Crippen MR) is 104 cm³/mol. The molecule has 0 unspecified atom stereocenters. The summed E-state index contributed by atoms with van der Waals surface area (Å²) in [6, 6.07) is 4.36. The fourth-order valence-electron chi connectivity index (χ4n) is 2.96. The molecular formula is C18H28ClN3O3S. The van der Waals surface area contributed by atoms with Gasteiger partial charge in [0.25, 0.3) is 5.91 Å². The zero-order valence-electron chi connectivity index (χ0n) is 15.5. The van der Waals surface area contributed by atoms with Gasteiger partial charge in [-0.25, -0.2) is 8.42 Å². The van der Waals surface area contributed by atoms with E-state index in [4.69, 9.17) is 11.6 Å². The van der Waals surface area contributed by atoms with Crippen molar-refractivity contribution in [3.05, 3.63) is 28.8 Å². The number of sulfonamides is 1. The number of nitrogens with zero attached hydrogens (tertiary/aromatic N) is 2. The summed E-state index contributed by atoms with van der Waals surface area (Å²) >= 11 is 6.14. The molecule has 0 aromatic heterocycles. The first-order valence-electron chi connectivity index (χ1n) is 9.05. The number of benzene rings is 1. The summed E-state index contributed by atoms with van der Waals surface area (Å²) in [6.45, 7) is 2.42. The second-order valence-corrected chi connectivity index (χ2v) is 9.22. The van der Waals surface area contributed by atoms with Crippen LogP contribution >= 0.6 is 11.6 Å². The normalized spacial score (nSPS) is 16.5. The topological polar surface area (TPSA) is 69.7 Å². The van der Waals surface area contributed by atoms with Crippen molar-refractivity contribution >= 4 is 27.5 Å². The van der Waals surface area contributed by atoms with Crippen molar-refractivity contribution in [3.8, 4) is 0 Å². The van der Waals surface area contributed by atoms with E-state index in [1.807, 2.05) is 19.0 Å². The van der Waals surface area contributed by atoms with Crippen LogP contribution in [0.4, 0.5) is 0 Å². The molecule has 0 bridgehead atoms. The summed E-state index contributed by atoms with van der Waals surface area (Å²) < 4.78 is 27.3.